The lowest BCUT2D eigenvalue weighted by atomic mass is 9.83. The smallest absolute Gasteiger partial charge is 0.312 e. The number of ether oxygens (including phenoxy) is 2. The SMILES string of the molecule is CC[C@H](C)[C@@H]([C@@H](CC(=O)N1CCC[C@H]1[C@H](OC)[C@@H](C)C(=O)C[C@@H](Cc1ccccc1)C(=O)C(=O)NCc1ccc(NC(=O)[C@H](CCCNC(N)=O)CC(=O)[C@@H](NC(=O)CCCN2CCC(C(=O)NC)CC2C)C(C)C)cc1)OC)N(C)C(=O)[C@@H](NC(=O)[C@H](C(C)C)N(C)C)C(C)C. The number of hydrogen-bond acceptors (Lipinski definition) is 15. The number of likely N-dealkylation sites (N-methyl/N-ethyl adjacent to an activating group) is 2. The van der Waals surface area contributed by atoms with Crippen LogP contribution in [0.2, 0.25) is 0 Å². The van der Waals surface area contributed by atoms with Gasteiger partial charge in [-0.05, 0) is 132 Å². The van der Waals surface area contributed by atoms with Crippen LogP contribution in [0.1, 0.15) is 157 Å². The second-order valence-corrected chi connectivity index (χ2v) is 28.2. The van der Waals surface area contributed by atoms with E-state index in [0.29, 0.717) is 56.4 Å². The van der Waals surface area contributed by atoms with Gasteiger partial charge in [0, 0.05) is 103 Å². The summed E-state index contributed by atoms with van der Waals surface area (Å²) in [5, 5.41) is 16.8. The first-order valence-corrected chi connectivity index (χ1v) is 35.1. The fourth-order valence-corrected chi connectivity index (χ4v) is 14.0. The number of nitrogens with two attached hydrogens (primary N) is 1. The van der Waals surface area contributed by atoms with Crippen molar-refractivity contribution in [3.63, 3.8) is 0 Å². The molecule has 2 heterocycles. The molecular formula is C73H117N11O13. The third-order valence-corrected chi connectivity index (χ3v) is 19.7. The molecule has 2 unspecified atom stereocenters. The Balaban J connectivity index is 1.42. The topological polar surface area (TPSA) is 317 Å². The van der Waals surface area contributed by atoms with Gasteiger partial charge in [-0.1, -0.05) is 111 Å². The number of rotatable bonds is 41. The normalized spacial score (nSPS) is 18.9. The highest BCUT2D eigenvalue weighted by atomic mass is 16.5. The lowest BCUT2D eigenvalue weighted by Crippen LogP contribution is -2.59. The summed E-state index contributed by atoms with van der Waals surface area (Å²) in [7, 11) is 10.0. The fourth-order valence-electron chi connectivity index (χ4n) is 14.0. The highest BCUT2D eigenvalue weighted by Crippen LogP contribution is 2.32. The van der Waals surface area contributed by atoms with E-state index in [1.54, 1.807) is 55.1 Å². The van der Waals surface area contributed by atoms with E-state index in [4.69, 9.17) is 15.2 Å². The maximum Gasteiger partial charge on any atom is 0.312 e. The van der Waals surface area contributed by atoms with Crippen LogP contribution in [0.4, 0.5) is 10.5 Å². The fraction of sp³-hybridized carbons (Fsp3) is 0.685. The number of benzene rings is 2. The molecule has 0 radical (unpaired) electrons. The van der Waals surface area contributed by atoms with Crippen LogP contribution < -0.4 is 37.6 Å². The van der Waals surface area contributed by atoms with Crippen LogP contribution in [0.15, 0.2) is 54.6 Å². The summed E-state index contributed by atoms with van der Waals surface area (Å²) in [6.07, 6.45) is 2.71. The molecule has 24 nitrogen and oxygen atoms in total. The summed E-state index contributed by atoms with van der Waals surface area (Å²) < 4.78 is 12.2. The van der Waals surface area contributed by atoms with E-state index in [-0.39, 0.29) is 128 Å². The Hall–Kier alpha value is -7.15. The number of hydrogen-bond donors (Lipinski definition) is 7. The molecule has 2 aliphatic rings. The molecule has 2 fully saturated rings. The van der Waals surface area contributed by atoms with Crippen LogP contribution in [0.3, 0.4) is 0 Å². The summed E-state index contributed by atoms with van der Waals surface area (Å²) in [5.74, 6) is -7.13. The molecule has 0 aromatic heterocycles. The molecule has 13 atom stereocenters. The average Bonchev–Trinajstić information content (AvgIpc) is 1.15. The van der Waals surface area contributed by atoms with Gasteiger partial charge in [0.1, 0.15) is 11.8 Å². The molecule has 0 saturated carbocycles. The van der Waals surface area contributed by atoms with Crippen LogP contribution in [0, 0.1) is 47.3 Å². The first-order chi connectivity index (χ1) is 45.9. The van der Waals surface area contributed by atoms with E-state index in [1.165, 1.54) is 14.2 Å². The number of amides is 9. The van der Waals surface area contributed by atoms with E-state index in [1.807, 2.05) is 105 Å². The number of Topliss-reactive ketones (excluding diaryl/α,β-unsaturated/α-hetero) is 3. The van der Waals surface area contributed by atoms with Crippen molar-refractivity contribution in [3.8, 4) is 0 Å². The van der Waals surface area contributed by atoms with Crippen molar-refractivity contribution in [1.82, 2.24) is 46.2 Å². The summed E-state index contributed by atoms with van der Waals surface area (Å²) in [6, 6.07) is 12.0. The zero-order valence-electron chi connectivity index (χ0n) is 60.8. The van der Waals surface area contributed by atoms with Gasteiger partial charge in [-0.3, -0.25) is 52.8 Å². The van der Waals surface area contributed by atoms with Crippen molar-refractivity contribution < 1.29 is 62.2 Å². The number of carbonyl (C=O) groups excluding carboxylic acids is 11. The standard InChI is InChI=1S/C73H117N11O13/c1-17-47(8)65(82(14)72(94)63(45(4)5)80-70(92)64(46(6)7)81(12)13)59(96-15)42-61(88)84-36-22-27-56(84)67(97-16)49(10)57(85)41-54(39-50-24-19-18-20-25-50)66(89)71(93)77-43-51-29-31-55(32-30-51)78-69(91)52(26-21-34-76-73(74)95)40-58(86)62(44(2)3)79-60(87)28-23-35-83-37-33-53(38-48(83)9)68(90)75-11/h18-20,24-25,29-32,44-49,52-54,56,59,62-65,67H,17,21-23,26-28,33-43H2,1-16H3,(H,75,90)(H,77,93)(H,78,91)(H,79,87)(H,80,92)(H3,74,76,95)/t47-,48?,49-,52+,53?,54+,56-,59+,62-,63-,64-,65-,67+/m0/s1. The van der Waals surface area contributed by atoms with Gasteiger partial charge in [-0.15, -0.1) is 0 Å². The zero-order valence-corrected chi connectivity index (χ0v) is 60.8. The largest absolute Gasteiger partial charge is 0.379 e. The van der Waals surface area contributed by atoms with Gasteiger partial charge in [0.2, 0.25) is 41.2 Å². The quantitative estimate of drug-likeness (QED) is 0.0294. The van der Waals surface area contributed by atoms with Gasteiger partial charge in [-0.25, -0.2) is 4.79 Å². The molecule has 2 saturated heterocycles. The van der Waals surface area contributed by atoms with E-state index < -0.39 is 83.8 Å². The second-order valence-electron chi connectivity index (χ2n) is 28.2. The Morgan fingerprint density at radius 1 is 0.711 bits per heavy atom. The number of nitrogens with one attached hydrogen (secondary N) is 6. The molecule has 4 rings (SSSR count). The van der Waals surface area contributed by atoms with Crippen LogP contribution >= 0.6 is 0 Å². The number of methoxy groups -OCH3 is 2. The molecule has 2 aromatic carbocycles. The first kappa shape index (κ1) is 82.3. The van der Waals surface area contributed by atoms with E-state index in [9.17, 15) is 52.7 Å². The third-order valence-electron chi connectivity index (χ3n) is 19.7. The summed E-state index contributed by atoms with van der Waals surface area (Å²) in [5.41, 5.74) is 7.03. The Labute approximate surface area is 576 Å². The van der Waals surface area contributed by atoms with Crippen molar-refractivity contribution in [2.75, 3.05) is 73.9 Å². The maximum atomic E-state index is 14.6. The minimum Gasteiger partial charge on any atom is -0.379 e. The number of anilines is 1. The molecule has 2 aliphatic heterocycles. The van der Waals surface area contributed by atoms with Gasteiger partial charge in [-0.2, -0.15) is 0 Å². The lowest BCUT2D eigenvalue weighted by Gasteiger charge is -2.41. The van der Waals surface area contributed by atoms with Crippen LogP contribution in [-0.4, -0.2) is 201 Å². The second kappa shape index (κ2) is 40.7. The highest BCUT2D eigenvalue weighted by molar-refractivity contribution is 6.37. The average molecular weight is 1360 g/mol. The van der Waals surface area contributed by atoms with Crippen molar-refractivity contribution in [1.29, 1.82) is 0 Å². The number of likely N-dealkylation sites (tertiary alicyclic amines) is 2. The zero-order chi connectivity index (χ0) is 72.4. The van der Waals surface area contributed by atoms with E-state index in [0.717, 1.165) is 24.9 Å². The Morgan fingerprint density at radius 2 is 1.36 bits per heavy atom. The van der Waals surface area contributed by atoms with Crippen molar-refractivity contribution >= 4 is 70.4 Å². The number of ketones is 3. The molecule has 0 spiro atoms. The number of carbonyl (C=O) groups is 11. The van der Waals surface area contributed by atoms with E-state index >= 15 is 0 Å². The Bertz CT molecular complexity index is 2900. The molecular weight excluding hydrogens is 1240 g/mol. The van der Waals surface area contributed by atoms with Crippen LogP contribution in [0.5, 0.6) is 0 Å². The molecule has 0 aliphatic carbocycles. The monoisotopic (exact) mass is 1360 g/mol. The summed E-state index contributed by atoms with van der Waals surface area (Å²) in [6.45, 7) is 21.1. The van der Waals surface area contributed by atoms with Gasteiger partial charge < -0.3 is 61.8 Å². The summed E-state index contributed by atoms with van der Waals surface area (Å²) in [4.78, 5) is 158. The number of piperidine rings is 1. The minimum atomic E-state index is -1.05. The van der Waals surface area contributed by atoms with E-state index in [2.05, 4.69) is 43.7 Å². The minimum absolute atomic E-state index is 0.00823. The highest BCUT2D eigenvalue weighted by Gasteiger charge is 2.44. The molecule has 9 amide bonds. The third kappa shape index (κ3) is 25.0. The Morgan fingerprint density at radius 3 is 1.93 bits per heavy atom. The van der Waals surface area contributed by atoms with Gasteiger partial charge >= 0.3 is 6.03 Å². The van der Waals surface area contributed by atoms with Crippen molar-refractivity contribution in [2.45, 2.75) is 208 Å². The molecule has 542 valence electrons. The molecule has 2 aromatic rings. The summed E-state index contributed by atoms with van der Waals surface area (Å²) >= 11 is 0. The predicted molar refractivity (Wildman–Crippen MR) is 374 cm³/mol. The predicted octanol–water partition coefficient (Wildman–Crippen LogP) is 6.07. The Kier molecular flexibility index (Phi) is 34.5. The maximum absolute atomic E-state index is 14.6. The van der Waals surface area contributed by atoms with Crippen molar-refractivity contribution in [2.24, 2.45) is 53.1 Å². The van der Waals surface area contributed by atoms with Gasteiger partial charge in [0.15, 0.2) is 5.78 Å². The number of primary amides is 1. The molecule has 97 heavy (non-hydrogen) atoms. The number of urea groups is 1. The van der Waals surface area contributed by atoms with Gasteiger partial charge in [0.05, 0.1) is 42.8 Å². The number of nitrogens with zero attached hydrogens (tertiary/aromatic N) is 4. The van der Waals surface area contributed by atoms with Crippen LogP contribution in [0.25, 0.3) is 0 Å². The van der Waals surface area contributed by atoms with Gasteiger partial charge in [0.25, 0.3) is 5.91 Å². The van der Waals surface area contributed by atoms with Crippen LogP contribution in [-0.2, 0) is 70.4 Å². The van der Waals surface area contributed by atoms with Crippen molar-refractivity contribution in [3.05, 3.63) is 65.7 Å². The molecule has 0 bridgehead atoms. The first-order valence-electron chi connectivity index (χ1n) is 35.1. The lowest BCUT2D eigenvalue weighted by molar-refractivity contribution is -0.148. The molecule has 8 N–H and O–H groups in total. The molecule has 24 heteroatoms.